The second-order valence-corrected chi connectivity index (χ2v) is 3.79. The van der Waals surface area contributed by atoms with Crippen LogP contribution < -0.4 is 5.32 Å². The number of hydrogen-bond donors (Lipinski definition) is 2. The van der Waals surface area contributed by atoms with E-state index in [1.54, 1.807) is 0 Å². The van der Waals surface area contributed by atoms with Crippen LogP contribution in [0, 0.1) is 0 Å². The highest BCUT2D eigenvalue weighted by molar-refractivity contribution is 5.69. The summed E-state index contributed by atoms with van der Waals surface area (Å²) in [5, 5.41) is 12.2. The zero-order chi connectivity index (χ0) is 10.4. The van der Waals surface area contributed by atoms with Crippen molar-refractivity contribution in [1.82, 2.24) is 5.32 Å². The van der Waals surface area contributed by atoms with Gasteiger partial charge in [0, 0.05) is 6.04 Å². The molecule has 1 saturated carbocycles. The molecule has 1 fully saturated rings. The lowest BCUT2D eigenvalue weighted by Crippen LogP contribution is -2.47. The van der Waals surface area contributed by atoms with Gasteiger partial charge in [0.25, 0.3) is 0 Å². The van der Waals surface area contributed by atoms with Gasteiger partial charge in [-0.15, -0.1) is 0 Å². The summed E-state index contributed by atoms with van der Waals surface area (Å²) in [6.07, 6.45) is 5.38. The number of aldehydes is 2. The van der Waals surface area contributed by atoms with Crippen LogP contribution in [-0.4, -0.2) is 35.9 Å². The first-order valence-electron chi connectivity index (χ1n) is 5.12. The third-order valence-corrected chi connectivity index (χ3v) is 2.69. The summed E-state index contributed by atoms with van der Waals surface area (Å²) in [5.41, 5.74) is 0. The third-order valence-electron chi connectivity index (χ3n) is 2.69. The van der Waals surface area contributed by atoms with E-state index in [1.165, 1.54) is 6.42 Å². The van der Waals surface area contributed by atoms with Crippen molar-refractivity contribution in [2.24, 2.45) is 0 Å². The number of carbonyl (C=O) groups is 2. The van der Waals surface area contributed by atoms with E-state index in [0.29, 0.717) is 12.6 Å². The Labute approximate surface area is 83.7 Å². The summed E-state index contributed by atoms with van der Waals surface area (Å²) in [7, 11) is 0. The summed E-state index contributed by atoms with van der Waals surface area (Å²) < 4.78 is 0. The Hall–Kier alpha value is -0.740. The summed E-state index contributed by atoms with van der Waals surface area (Å²) in [6.45, 7) is 0. The second-order valence-electron chi connectivity index (χ2n) is 3.79. The molecule has 4 heteroatoms. The van der Waals surface area contributed by atoms with E-state index in [9.17, 15) is 14.7 Å². The summed E-state index contributed by atoms with van der Waals surface area (Å²) in [4.78, 5) is 20.9. The molecule has 0 heterocycles. The van der Waals surface area contributed by atoms with E-state index < -0.39 is 12.1 Å². The maximum absolute atomic E-state index is 10.6. The van der Waals surface area contributed by atoms with Gasteiger partial charge >= 0.3 is 0 Å². The first kappa shape index (κ1) is 11.3. The molecule has 0 bridgehead atoms. The lowest BCUT2D eigenvalue weighted by Gasteiger charge is -2.26. The van der Waals surface area contributed by atoms with E-state index in [1.807, 2.05) is 0 Å². The van der Waals surface area contributed by atoms with Crippen molar-refractivity contribution in [1.29, 1.82) is 0 Å². The van der Waals surface area contributed by atoms with E-state index in [4.69, 9.17) is 0 Å². The fourth-order valence-corrected chi connectivity index (χ4v) is 1.84. The number of carbonyl (C=O) groups excluding carboxylic acids is 2. The molecule has 0 aromatic heterocycles. The lowest BCUT2D eigenvalue weighted by atomic mass is 9.94. The second kappa shape index (κ2) is 5.88. The highest BCUT2D eigenvalue weighted by atomic mass is 16.3. The van der Waals surface area contributed by atoms with Crippen LogP contribution in [0.15, 0.2) is 0 Å². The minimum atomic E-state index is -1.21. The summed E-state index contributed by atoms with van der Waals surface area (Å²) in [6, 6.07) is -0.468. The zero-order valence-corrected chi connectivity index (χ0v) is 8.19. The van der Waals surface area contributed by atoms with Crippen LogP contribution in [0.3, 0.4) is 0 Å². The van der Waals surface area contributed by atoms with Crippen molar-refractivity contribution in [2.45, 2.75) is 50.3 Å². The molecule has 2 N–H and O–H groups in total. The predicted octanol–water partition coefficient (Wildman–Crippen LogP) is 0.0360. The van der Waals surface area contributed by atoms with Gasteiger partial charge in [-0.3, -0.25) is 0 Å². The maximum Gasteiger partial charge on any atom is 0.150 e. The van der Waals surface area contributed by atoms with Crippen LogP contribution in [0.25, 0.3) is 0 Å². The van der Waals surface area contributed by atoms with Crippen LogP contribution in [-0.2, 0) is 9.59 Å². The van der Waals surface area contributed by atoms with E-state index in [0.717, 1.165) is 25.7 Å². The van der Waals surface area contributed by atoms with Crippen molar-refractivity contribution < 1.29 is 14.7 Å². The molecule has 80 valence electrons. The molecule has 0 aliphatic heterocycles. The minimum Gasteiger partial charge on any atom is -0.384 e. The molecule has 14 heavy (non-hydrogen) atoms. The molecular weight excluding hydrogens is 182 g/mol. The molecular formula is C10H17NO3. The van der Waals surface area contributed by atoms with Gasteiger partial charge in [-0.25, -0.2) is 0 Å². The quantitative estimate of drug-likeness (QED) is 0.613. The Bertz CT molecular complexity index is 190. The zero-order valence-electron chi connectivity index (χ0n) is 8.19. The number of aliphatic hydroxyl groups excluding tert-OH is 1. The Morgan fingerprint density at radius 2 is 1.79 bits per heavy atom. The molecule has 0 saturated heterocycles. The molecule has 1 rings (SSSR count). The van der Waals surface area contributed by atoms with Crippen molar-refractivity contribution >= 4 is 12.6 Å². The monoisotopic (exact) mass is 199 g/mol. The molecule has 2 unspecified atom stereocenters. The molecule has 0 amide bonds. The van der Waals surface area contributed by atoms with Gasteiger partial charge in [0.15, 0.2) is 6.29 Å². The molecule has 0 aromatic rings. The maximum atomic E-state index is 10.6. The Morgan fingerprint density at radius 3 is 2.29 bits per heavy atom. The minimum absolute atomic E-state index is 0.272. The standard InChI is InChI=1S/C10H17NO3/c12-6-9(10(14)7-13)11-8-4-2-1-3-5-8/h6-11,14H,1-5H2. The van der Waals surface area contributed by atoms with Crippen LogP contribution in [0.5, 0.6) is 0 Å². The van der Waals surface area contributed by atoms with Gasteiger partial charge in [0.1, 0.15) is 12.4 Å². The summed E-state index contributed by atoms with van der Waals surface area (Å²) in [5.74, 6) is 0. The smallest absolute Gasteiger partial charge is 0.150 e. The Balaban J connectivity index is 2.38. The average Bonchev–Trinajstić information content (AvgIpc) is 2.26. The van der Waals surface area contributed by atoms with Gasteiger partial charge < -0.3 is 20.0 Å². The van der Waals surface area contributed by atoms with Crippen molar-refractivity contribution in [3.8, 4) is 0 Å². The molecule has 0 aromatic carbocycles. The van der Waals surface area contributed by atoms with Gasteiger partial charge in [0.2, 0.25) is 0 Å². The van der Waals surface area contributed by atoms with Crippen molar-refractivity contribution in [3.63, 3.8) is 0 Å². The topological polar surface area (TPSA) is 66.4 Å². The molecule has 1 aliphatic rings. The predicted molar refractivity (Wildman–Crippen MR) is 51.9 cm³/mol. The summed E-state index contributed by atoms with van der Waals surface area (Å²) >= 11 is 0. The van der Waals surface area contributed by atoms with Crippen molar-refractivity contribution in [3.05, 3.63) is 0 Å². The van der Waals surface area contributed by atoms with E-state index in [2.05, 4.69) is 5.32 Å². The van der Waals surface area contributed by atoms with Crippen LogP contribution in [0.4, 0.5) is 0 Å². The van der Waals surface area contributed by atoms with Gasteiger partial charge in [0.05, 0.1) is 6.04 Å². The van der Waals surface area contributed by atoms with Crippen molar-refractivity contribution in [2.75, 3.05) is 0 Å². The van der Waals surface area contributed by atoms with Crippen LogP contribution >= 0.6 is 0 Å². The molecule has 4 nitrogen and oxygen atoms in total. The highest BCUT2D eigenvalue weighted by Crippen LogP contribution is 2.17. The van der Waals surface area contributed by atoms with Gasteiger partial charge in [-0.05, 0) is 12.8 Å². The SMILES string of the molecule is O=CC(O)C(C=O)NC1CCCCC1. The molecule has 0 radical (unpaired) electrons. The normalized spacial score (nSPS) is 22.6. The number of rotatable bonds is 5. The largest absolute Gasteiger partial charge is 0.384 e. The lowest BCUT2D eigenvalue weighted by molar-refractivity contribution is -0.121. The molecule has 1 aliphatic carbocycles. The van der Waals surface area contributed by atoms with Gasteiger partial charge in [-0.2, -0.15) is 0 Å². The molecule has 0 spiro atoms. The van der Waals surface area contributed by atoms with E-state index in [-0.39, 0.29) is 6.04 Å². The third kappa shape index (κ3) is 3.20. The fraction of sp³-hybridized carbons (Fsp3) is 0.800. The van der Waals surface area contributed by atoms with Crippen LogP contribution in [0.2, 0.25) is 0 Å². The number of aliphatic hydroxyl groups is 1. The fourth-order valence-electron chi connectivity index (χ4n) is 1.84. The Morgan fingerprint density at radius 1 is 1.14 bits per heavy atom. The number of nitrogens with one attached hydrogen (secondary N) is 1. The van der Waals surface area contributed by atoms with Gasteiger partial charge in [-0.1, -0.05) is 19.3 Å². The number of hydrogen-bond acceptors (Lipinski definition) is 4. The Kier molecular flexibility index (Phi) is 4.76. The first-order chi connectivity index (χ1) is 6.77. The average molecular weight is 199 g/mol. The van der Waals surface area contributed by atoms with E-state index >= 15 is 0 Å². The highest BCUT2D eigenvalue weighted by Gasteiger charge is 2.22. The van der Waals surface area contributed by atoms with Crippen LogP contribution in [0.1, 0.15) is 32.1 Å². The first-order valence-corrected chi connectivity index (χ1v) is 5.12. The molecule has 2 atom stereocenters.